The lowest BCUT2D eigenvalue weighted by Crippen LogP contribution is -2.52. The second-order valence-electron chi connectivity index (χ2n) is 6.49. The van der Waals surface area contributed by atoms with Crippen molar-refractivity contribution in [2.24, 2.45) is 5.41 Å². The van der Waals surface area contributed by atoms with Crippen LogP contribution in [0.3, 0.4) is 0 Å². The van der Waals surface area contributed by atoms with E-state index < -0.39 is 6.10 Å². The van der Waals surface area contributed by atoms with Crippen LogP contribution in [-0.2, 0) is 6.54 Å². The first-order chi connectivity index (χ1) is 11.1. The molecule has 23 heavy (non-hydrogen) atoms. The molecule has 5 nitrogen and oxygen atoms in total. The minimum Gasteiger partial charge on any atom is -0.497 e. The van der Waals surface area contributed by atoms with Crippen molar-refractivity contribution in [3.05, 3.63) is 23.8 Å². The van der Waals surface area contributed by atoms with Gasteiger partial charge in [-0.3, -0.25) is 4.90 Å². The van der Waals surface area contributed by atoms with Crippen LogP contribution in [0, 0.1) is 5.41 Å². The summed E-state index contributed by atoms with van der Waals surface area (Å²) >= 11 is 0. The van der Waals surface area contributed by atoms with Crippen LogP contribution in [0.5, 0.6) is 11.5 Å². The lowest BCUT2D eigenvalue weighted by molar-refractivity contribution is -0.0802. The fraction of sp³-hybridized carbons (Fsp3) is 0.667. The number of β-amino-alcohol motifs (C(OH)–C–C–N with tert-alkyl or cyclic N) is 1. The average Bonchev–Trinajstić information content (AvgIpc) is 2.57. The number of rotatable bonds is 7. The van der Waals surface area contributed by atoms with E-state index in [4.69, 9.17) is 9.47 Å². The summed E-state index contributed by atoms with van der Waals surface area (Å²) < 4.78 is 10.6. The van der Waals surface area contributed by atoms with Gasteiger partial charge in [0, 0.05) is 24.6 Å². The molecule has 1 heterocycles. The molecule has 0 bridgehead atoms. The van der Waals surface area contributed by atoms with Gasteiger partial charge in [-0.15, -0.1) is 0 Å². The van der Waals surface area contributed by atoms with Gasteiger partial charge in [-0.2, -0.15) is 0 Å². The smallest absolute Gasteiger partial charge is 0.122 e. The number of benzene rings is 1. The normalized spacial score (nSPS) is 25.3. The number of hydrogen-bond donors (Lipinski definition) is 2. The van der Waals surface area contributed by atoms with Crippen molar-refractivity contribution in [2.45, 2.75) is 38.8 Å². The van der Waals surface area contributed by atoms with Crippen molar-refractivity contribution < 1.29 is 19.7 Å². The van der Waals surface area contributed by atoms with E-state index in [1.54, 1.807) is 14.2 Å². The van der Waals surface area contributed by atoms with Crippen molar-refractivity contribution in [1.29, 1.82) is 0 Å². The van der Waals surface area contributed by atoms with Gasteiger partial charge in [-0.25, -0.2) is 0 Å². The Balaban J connectivity index is 2.05. The van der Waals surface area contributed by atoms with E-state index >= 15 is 0 Å². The highest BCUT2D eigenvalue weighted by molar-refractivity contribution is 5.38. The van der Waals surface area contributed by atoms with Crippen molar-refractivity contribution in [3.63, 3.8) is 0 Å². The molecule has 0 spiro atoms. The molecule has 0 aromatic heterocycles. The molecule has 130 valence electrons. The summed E-state index contributed by atoms with van der Waals surface area (Å²) in [7, 11) is 3.28. The fourth-order valence-electron chi connectivity index (χ4n) is 3.49. The topological polar surface area (TPSA) is 62.2 Å². The highest BCUT2D eigenvalue weighted by Gasteiger charge is 2.40. The van der Waals surface area contributed by atoms with E-state index in [0.717, 1.165) is 49.4 Å². The van der Waals surface area contributed by atoms with Crippen molar-refractivity contribution in [2.75, 3.05) is 33.9 Å². The molecule has 1 aromatic rings. The molecule has 0 amide bonds. The van der Waals surface area contributed by atoms with Crippen LogP contribution in [0.1, 0.15) is 31.7 Å². The van der Waals surface area contributed by atoms with Gasteiger partial charge >= 0.3 is 0 Å². The summed E-state index contributed by atoms with van der Waals surface area (Å²) in [6.45, 7) is 4.34. The maximum Gasteiger partial charge on any atom is 0.122 e. The van der Waals surface area contributed by atoms with Gasteiger partial charge in [0.15, 0.2) is 0 Å². The number of nitrogens with zero attached hydrogens (tertiary/aromatic N) is 1. The third-order valence-corrected chi connectivity index (χ3v) is 4.94. The highest BCUT2D eigenvalue weighted by atomic mass is 16.5. The maximum atomic E-state index is 10.5. The Morgan fingerprint density at radius 2 is 1.87 bits per heavy atom. The third-order valence-electron chi connectivity index (χ3n) is 4.94. The standard InChI is InChI=1S/C18H29NO4/c1-4-5-18(13-20)6-7-19(12-17(18)21)11-14-8-15(22-2)10-16(9-14)23-3/h8-10,17,20-21H,4-7,11-13H2,1-3H3/t17-,18-/m1/s1. The van der Waals surface area contributed by atoms with Crippen LogP contribution in [0.25, 0.3) is 0 Å². The minimum absolute atomic E-state index is 0.0584. The zero-order valence-electron chi connectivity index (χ0n) is 14.4. The number of ether oxygens (including phenoxy) is 2. The Kier molecular flexibility index (Phi) is 6.27. The first-order valence-corrected chi connectivity index (χ1v) is 8.30. The molecule has 2 N–H and O–H groups in total. The number of aliphatic hydroxyl groups excluding tert-OH is 2. The SMILES string of the molecule is CCC[C@]1(CO)CCN(Cc2cc(OC)cc(OC)c2)C[C@H]1O. The van der Waals surface area contributed by atoms with E-state index in [2.05, 4.69) is 11.8 Å². The molecule has 0 unspecified atom stereocenters. The van der Waals surface area contributed by atoms with Gasteiger partial charge in [0.25, 0.3) is 0 Å². The van der Waals surface area contributed by atoms with Gasteiger partial charge in [0.05, 0.1) is 26.9 Å². The molecule has 5 heteroatoms. The molecule has 1 fully saturated rings. The van der Waals surface area contributed by atoms with Crippen molar-refractivity contribution in [1.82, 2.24) is 4.90 Å². The number of piperidine rings is 1. The molecular weight excluding hydrogens is 294 g/mol. The molecule has 1 saturated heterocycles. The summed E-state index contributed by atoms with van der Waals surface area (Å²) in [5.41, 5.74) is 0.762. The second kappa shape index (κ2) is 7.99. The predicted molar refractivity (Wildman–Crippen MR) is 89.9 cm³/mol. The first kappa shape index (κ1) is 18.0. The fourth-order valence-corrected chi connectivity index (χ4v) is 3.49. The molecule has 2 atom stereocenters. The molecule has 0 radical (unpaired) electrons. The zero-order valence-corrected chi connectivity index (χ0v) is 14.4. The van der Waals surface area contributed by atoms with E-state index in [0.29, 0.717) is 6.54 Å². The molecule has 1 aromatic carbocycles. The van der Waals surface area contributed by atoms with Gasteiger partial charge in [-0.1, -0.05) is 13.3 Å². The first-order valence-electron chi connectivity index (χ1n) is 8.30. The Hall–Kier alpha value is -1.30. The van der Waals surface area contributed by atoms with Crippen LogP contribution in [0.4, 0.5) is 0 Å². The molecule has 1 aliphatic heterocycles. The van der Waals surface area contributed by atoms with Crippen molar-refractivity contribution in [3.8, 4) is 11.5 Å². The molecule has 2 rings (SSSR count). The van der Waals surface area contributed by atoms with Gasteiger partial charge < -0.3 is 19.7 Å². The summed E-state index contributed by atoms with van der Waals surface area (Å²) in [6, 6.07) is 5.84. The van der Waals surface area contributed by atoms with Crippen LogP contribution in [0.2, 0.25) is 0 Å². The number of aliphatic hydroxyl groups is 2. The van der Waals surface area contributed by atoms with Crippen LogP contribution in [-0.4, -0.2) is 55.1 Å². The zero-order chi connectivity index (χ0) is 16.9. The predicted octanol–water partition coefficient (Wildman–Crippen LogP) is 2.05. The lowest BCUT2D eigenvalue weighted by Gasteiger charge is -2.44. The van der Waals surface area contributed by atoms with Crippen LogP contribution in [0.15, 0.2) is 18.2 Å². The average molecular weight is 323 g/mol. The lowest BCUT2D eigenvalue weighted by atomic mass is 9.73. The number of hydrogen-bond acceptors (Lipinski definition) is 5. The molecule has 0 saturated carbocycles. The Morgan fingerprint density at radius 3 is 2.35 bits per heavy atom. The minimum atomic E-state index is -0.492. The monoisotopic (exact) mass is 323 g/mol. The summed E-state index contributed by atoms with van der Waals surface area (Å²) in [5.74, 6) is 1.54. The Labute approximate surface area is 138 Å². The van der Waals surface area contributed by atoms with Gasteiger partial charge in [0.2, 0.25) is 0 Å². The van der Waals surface area contributed by atoms with E-state index in [1.165, 1.54) is 0 Å². The van der Waals surface area contributed by atoms with Crippen molar-refractivity contribution >= 4 is 0 Å². The van der Waals surface area contributed by atoms with E-state index in [9.17, 15) is 10.2 Å². The summed E-state index contributed by atoms with van der Waals surface area (Å²) in [4.78, 5) is 2.22. The largest absolute Gasteiger partial charge is 0.497 e. The van der Waals surface area contributed by atoms with Crippen LogP contribution < -0.4 is 9.47 Å². The van der Waals surface area contributed by atoms with E-state index in [-0.39, 0.29) is 12.0 Å². The molecule has 0 aliphatic carbocycles. The number of methoxy groups -OCH3 is 2. The third kappa shape index (κ3) is 4.16. The van der Waals surface area contributed by atoms with Crippen LogP contribution >= 0.6 is 0 Å². The summed E-state index contributed by atoms with van der Waals surface area (Å²) in [5, 5.41) is 20.3. The Bertz CT molecular complexity index is 486. The maximum absolute atomic E-state index is 10.5. The second-order valence-corrected chi connectivity index (χ2v) is 6.49. The number of likely N-dealkylation sites (tertiary alicyclic amines) is 1. The van der Waals surface area contributed by atoms with E-state index in [1.807, 2.05) is 18.2 Å². The highest BCUT2D eigenvalue weighted by Crippen LogP contribution is 2.36. The molecule has 1 aliphatic rings. The summed E-state index contributed by atoms with van der Waals surface area (Å²) in [6.07, 6.45) is 2.17. The quantitative estimate of drug-likeness (QED) is 0.804. The van der Waals surface area contributed by atoms with Gasteiger partial charge in [0.1, 0.15) is 11.5 Å². The van der Waals surface area contributed by atoms with Gasteiger partial charge in [-0.05, 0) is 37.1 Å². The Morgan fingerprint density at radius 1 is 1.22 bits per heavy atom. The molecular formula is C18H29NO4.